The molecule has 2 aromatic rings. The summed E-state index contributed by atoms with van der Waals surface area (Å²) in [5, 5.41) is 1.58. The molecule has 3 nitrogen and oxygen atoms in total. The molecule has 2 aromatic carbocycles. The Morgan fingerprint density at radius 1 is 0.722 bits per heavy atom. The van der Waals surface area contributed by atoms with Crippen molar-refractivity contribution < 1.29 is 14.0 Å². The van der Waals surface area contributed by atoms with Gasteiger partial charge in [-0.15, -0.1) is 0 Å². The van der Waals surface area contributed by atoms with E-state index in [0.29, 0.717) is 0 Å². The number of hydrogen-bond donors (Lipinski definition) is 0. The van der Waals surface area contributed by atoms with Gasteiger partial charge in [-0.25, -0.2) is 0 Å². The van der Waals surface area contributed by atoms with Gasteiger partial charge in [0, 0.05) is 10.6 Å². The first kappa shape index (κ1) is 12.6. The zero-order valence-corrected chi connectivity index (χ0v) is 11.2. The van der Waals surface area contributed by atoms with Crippen LogP contribution in [0.25, 0.3) is 0 Å². The lowest BCUT2D eigenvalue weighted by Gasteiger charge is -2.04. The van der Waals surface area contributed by atoms with Gasteiger partial charge in [0.15, 0.2) is 0 Å². The van der Waals surface area contributed by atoms with Crippen LogP contribution in [0.1, 0.15) is 0 Å². The van der Waals surface area contributed by atoms with Crippen LogP contribution in [0.4, 0.5) is 0 Å². The van der Waals surface area contributed by atoms with Crippen molar-refractivity contribution in [1.29, 1.82) is 0 Å². The fraction of sp³-hybridized carbons (Fsp3) is 0.143. The van der Waals surface area contributed by atoms with E-state index in [1.165, 1.54) is 0 Å². The Bertz CT molecular complexity index is 482. The molecule has 0 saturated heterocycles. The highest BCUT2D eigenvalue weighted by Crippen LogP contribution is 2.22. The largest absolute Gasteiger partial charge is 0.497 e. The van der Waals surface area contributed by atoms with Crippen LogP contribution in [-0.2, 0) is 4.57 Å². The molecule has 0 atom stereocenters. The zero-order valence-electron chi connectivity index (χ0n) is 10.3. The summed E-state index contributed by atoms with van der Waals surface area (Å²) >= 11 is 0. The maximum Gasteiger partial charge on any atom is 0.136 e. The van der Waals surface area contributed by atoms with Crippen LogP contribution < -0.4 is 20.1 Å². The summed E-state index contributed by atoms with van der Waals surface area (Å²) in [6.45, 7) is 0. The number of ether oxygens (including phenoxy) is 2. The molecule has 0 aromatic heterocycles. The van der Waals surface area contributed by atoms with Gasteiger partial charge in [-0.05, 0) is 48.5 Å². The van der Waals surface area contributed by atoms with Crippen molar-refractivity contribution in [1.82, 2.24) is 0 Å². The van der Waals surface area contributed by atoms with Crippen molar-refractivity contribution in [2.75, 3.05) is 14.2 Å². The third-order valence-electron chi connectivity index (χ3n) is 2.61. The highest BCUT2D eigenvalue weighted by molar-refractivity contribution is 7.61. The predicted molar refractivity (Wildman–Crippen MR) is 72.9 cm³/mol. The van der Waals surface area contributed by atoms with Crippen molar-refractivity contribution in [2.45, 2.75) is 0 Å². The lowest BCUT2D eigenvalue weighted by atomic mass is 10.3. The standard InChI is InChI=1S/C14H14O3P/c1-16-11-3-7-13(8-4-11)18(15)14-9-5-12(17-2)6-10-14/h3-10H,1-2H3. The highest BCUT2D eigenvalue weighted by atomic mass is 31.1. The molecule has 0 aliphatic rings. The van der Waals surface area contributed by atoms with E-state index >= 15 is 0 Å². The highest BCUT2D eigenvalue weighted by Gasteiger charge is 2.08. The molecule has 1 radical (unpaired) electrons. The summed E-state index contributed by atoms with van der Waals surface area (Å²) in [5.74, 6) is 1.52. The minimum absolute atomic E-state index is 0.761. The summed E-state index contributed by atoms with van der Waals surface area (Å²) in [5.41, 5.74) is 0. The second-order valence-electron chi connectivity index (χ2n) is 3.69. The lowest BCUT2D eigenvalue weighted by molar-refractivity contribution is 0.415. The molecule has 0 unspecified atom stereocenters. The van der Waals surface area contributed by atoms with Gasteiger partial charge in [0.05, 0.1) is 14.2 Å². The molecule has 2 rings (SSSR count). The van der Waals surface area contributed by atoms with Gasteiger partial charge in [-0.3, -0.25) is 4.57 Å². The van der Waals surface area contributed by atoms with Crippen molar-refractivity contribution >= 4 is 18.4 Å². The van der Waals surface area contributed by atoms with Gasteiger partial charge in [-0.1, -0.05) is 0 Å². The zero-order chi connectivity index (χ0) is 13.0. The molecular formula is C14H14O3P. The van der Waals surface area contributed by atoms with E-state index in [1.807, 2.05) is 48.5 Å². The number of benzene rings is 2. The Kier molecular flexibility index (Phi) is 3.96. The second kappa shape index (κ2) is 5.65. The first-order valence-corrected chi connectivity index (χ1v) is 6.76. The molecule has 0 aliphatic heterocycles. The van der Waals surface area contributed by atoms with Crippen LogP contribution in [0.2, 0.25) is 0 Å². The molecule has 4 heteroatoms. The predicted octanol–water partition coefficient (Wildman–Crippen LogP) is 2.48. The second-order valence-corrected chi connectivity index (χ2v) is 5.31. The van der Waals surface area contributed by atoms with Crippen LogP contribution in [0.3, 0.4) is 0 Å². The summed E-state index contributed by atoms with van der Waals surface area (Å²) in [7, 11) is 1.65. The maximum atomic E-state index is 12.3. The molecule has 0 N–H and O–H groups in total. The van der Waals surface area contributed by atoms with Crippen LogP contribution >= 0.6 is 7.80 Å². The third-order valence-corrected chi connectivity index (χ3v) is 4.15. The van der Waals surface area contributed by atoms with Gasteiger partial charge in [0.1, 0.15) is 19.3 Å². The topological polar surface area (TPSA) is 35.5 Å². The molecule has 93 valence electrons. The van der Waals surface area contributed by atoms with Gasteiger partial charge in [0.25, 0.3) is 0 Å². The van der Waals surface area contributed by atoms with Crippen molar-refractivity contribution in [2.24, 2.45) is 0 Å². The van der Waals surface area contributed by atoms with Gasteiger partial charge >= 0.3 is 0 Å². The molecule has 0 amide bonds. The molecular weight excluding hydrogens is 247 g/mol. The smallest absolute Gasteiger partial charge is 0.136 e. The Hall–Kier alpha value is -1.86. The summed E-state index contributed by atoms with van der Waals surface area (Å²) in [6, 6.07) is 14.5. The number of hydrogen-bond acceptors (Lipinski definition) is 3. The molecule has 0 heterocycles. The first-order chi connectivity index (χ1) is 8.74. The Labute approximate surface area is 107 Å². The summed E-state index contributed by atoms with van der Waals surface area (Å²) in [4.78, 5) is 0. The molecule has 0 saturated carbocycles. The maximum absolute atomic E-state index is 12.3. The monoisotopic (exact) mass is 261 g/mol. The van der Waals surface area contributed by atoms with E-state index in [0.717, 1.165) is 22.1 Å². The van der Waals surface area contributed by atoms with E-state index < -0.39 is 7.80 Å². The quantitative estimate of drug-likeness (QED) is 0.793. The van der Waals surface area contributed by atoms with E-state index in [1.54, 1.807) is 14.2 Å². The van der Waals surface area contributed by atoms with Crippen molar-refractivity contribution in [3.8, 4) is 11.5 Å². The molecule has 0 bridgehead atoms. The Morgan fingerprint density at radius 3 is 1.33 bits per heavy atom. The van der Waals surface area contributed by atoms with E-state index in [4.69, 9.17) is 9.47 Å². The van der Waals surface area contributed by atoms with Gasteiger partial charge in [0.2, 0.25) is 0 Å². The van der Waals surface area contributed by atoms with Crippen LogP contribution in [0.15, 0.2) is 48.5 Å². The Morgan fingerprint density at radius 2 is 1.06 bits per heavy atom. The fourth-order valence-corrected chi connectivity index (χ4v) is 2.72. The normalized spacial score (nSPS) is 9.89. The molecule has 18 heavy (non-hydrogen) atoms. The average molecular weight is 261 g/mol. The van der Waals surface area contributed by atoms with Gasteiger partial charge < -0.3 is 9.47 Å². The van der Waals surface area contributed by atoms with E-state index in [-0.39, 0.29) is 0 Å². The summed E-state index contributed by atoms with van der Waals surface area (Å²) in [6.07, 6.45) is 0. The first-order valence-electron chi connectivity index (χ1n) is 5.50. The number of rotatable bonds is 4. The van der Waals surface area contributed by atoms with E-state index in [9.17, 15) is 4.57 Å². The van der Waals surface area contributed by atoms with E-state index in [2.05, 4.69) is 0 Å². The fourth-order valence-electron chi connectivity index (χ4n) is 1.58. The van der Waals surface area contributed by atoms with Gasteiger partial charge in [-0.2, -0.15) is 0 Å². The minimum Gasteiger partial charge on any atom is -0.497 e. The molecule has 0 aliphatic carbocycles. The molecule has 0 fully saturated rings. The minimum atomic E-state index is -1.57. The molecule has 0 spiro atoms. The number of methoxy groups -OCH3 is 2. The Balaban J connectivity index is 2.23. The van der Waals surface area contributed by atoms with Crippen molar-refractivity contribution in [3.05, 3.63) is 48.5 Å². The summed E-state index contributed by atoms with van der Waals surface area (Å²) < 4.78 is 22.5. The average Bonchev–Trinajstić information content (AvgIpc) is 2.47. The van der Waals surface area contributed by atoms with Crippen LogP contribution in [0.5, 0.6) is 11.5 Å². The van der Waals surface area contributed by atoms with Crippen molar-refractivity contribution in [3.63, 3.8) is 0 Å². The van der Waals surface area contributed by atoms with Crippen LogP contribution in [0, 0.1) is 0 Å². The third kappa shape index (κ3) is 2.69. The lowest BCUT2D eigenvalue weighted by Crippen LogP contribution is -2.06. The van der Waals surface area contributed by atoms with Crippen LogP contribution in [-0.4, -0.2) is 14.2 Å². The SMILES string of the molecule is COc1ccc([P](=O)c2ccc(OC)cc2)cc1.